The van der Waals surface area contributed by atoms with Crippen LogP contribution in [0.1, 0.15) is 44.8 Å². The fraction of sp³-hybridized carbons (Fsp3) is 0.526. The molecule has 0 unspecified atom stereocenters. The lowest BCUT2D eigenvalue weighted by molar-refractivity contribution is -0.295. The highest BCUT2D eigenvalue weighted by atomic mass is 16.7. The van der Waals surface area contributed by atoms with Crippen LogP contribution >= 0.6 is 0 Å². The van der Waals surface area contributed by atoms with Crippen molar-refractivity contribution in [1.29, 1.82) is 0 Å². The molecule has 2 atom stereocenters. The SMILES string of the molecule is COc1ccccc1[C@H]1OC(C)(C)OC[C@H]1C/C=C\CCC(=O)O. The van der Waals surface area contributed by atoms with Gasteiger partial charge in [-0.2, -0.15) is 0 Å². The molecule has 1 N–H and O–H groups in total. The van der Waals surface area contributed by atoms with Crippen molar-refractivity contribution in [3.05, 3.63) is 42.0 Å². The zero-order valence-electron chi connectivity index (χ0n) is 14.5. The van der Waals surface area contributed by atoms with Gasteiger partial charge in [0.25, 0.3) is 0 Å². The van der Waals surface area contributed by atoms with Gasteiger partial charge in [-0.1, -0.05) is 30.4 Å². The van der Waals surface area contributed by atoms with Crippen LogP contribution in [0.5, 0.6) is 5.75 Å². The first kappa shape index (κ1) is 18.5. The van der Waals surface area contributed by atoms with Gasteiger partial charge in [0.2, 0.25) is 0 Å². The molecule has 5 nitrogen and oxygen atoms in total. The van der Waals surface area contributed by atoms with Gasteiger partial charge in [0.15, 0.2) is 5.79 Å². The van der Waals surface area contributed by atoms with Gasteiger partial charge in [0.05, 0.1) is 19.8 Å². The van der Waals surface area contributed by atoms with E-state index in [1.807, 2.05) is 50.3 Å². The molecule has 1 aliphatic heterocycles. The van der Waals surface area contributed by atoms with Gasteiger partial charge in [0.1, 0.15) is 5.75 Å². The van der Waals surface area contributed by atoms with Crippen LogP contribution < -0.4 is 4.74 Å². The van der Waals surface area contributed by atoms with Crippen LogP contribution in [0.4, 0.5) is 0 Å². The van der Waals surface area contributed by atoms with E-state index in [1.165, 1.54) is 0 Å². The number of hydrogen-bond acceptors (Lipinski definition) is 4. The molecule has 2 rings (SSSR count). The smallest absolute Gasteiger partial charge is 0.303 e. The molecular formula is C19H26O5. The molecule has 0 radical (unpaired) electrons. The van der Waals surface area contributed by atoms with Crippen LogP contribution in [0, 0.1) is 5.92 Å². The van der Waals surface area contributed by atoms with Crippen molar-refractivity contribution in [3.8, 4) is 5.75 Å². The monoisotopic (exact) mass is 334 g/mol. The summed E-state index contributed by atoms with van der Waals surface area (Å²) in [6.07, 6.45) is 5.24. The van der Waals surface area contributed by atoms with Gasteiger partial charge >= 0.3 is 5.97 Å². The van der Waals surface area contributed by atoms with E-state index in [0.717, 1.165) is 17.7 Å². The summed E-state index contributed by atoms with van der Waals surface area (Å²) in [7, 11) is 1.66. The summed E-state index contributed by atoms with van der Waals surface area (Å²) in [4.78, 5) is 10.6. The molecule has 0 amide bonds. The molecule has 0 saturated carbocycles. The van der Waals surface area contributed by atoms with Crippen molar-refractivity contribution >= 4 is 5.97 Å². The van der Waals surface area contributed by atoms with Crippen LogP contribution in [0.2, 0.25) is 0 Å². The molecule has 0 aromatic heterocycles. The minimum atomic E-state index is -0.780. The molecule has 24 heavy (non-hydrogen) atoms. The summed E-state index contributed by atoms with van der Waals surface area (Å²) in [5.74, 6) is -0.470. The lowest BCUT2D eigenvalue weighted by Gasteiger charge is -2.41. The number of methoxy groups -OCH3 is 1. The molecule has 132 valence electrons. The fourth-order valence-corrected chi connectivity index (χ4v) is 2.84. The van der Waals surface area contributed by atoms with Crippen molar-refractivity contribution in [2.75, 3.05) is 13.7 Å². The third-order valence-corrected chi connectivity index (χ3v) is 4.06. The van der Waals surface area contributed by atoms with E-state index < -0.39 is 11.8 Å². The topological polar surface area (TPSA) is 65.0 Å². The number of hydrogen-bond donors (Lipinski definition) is 1. The summed E-state index contributed by atoms with van der Waals surface area (Å²) in [6, 6.07) is 7.87. The molecule has 1 aromatic rings. The summed E-state index contributed by atoms with van der Waals surface area (Å²) >= 11 is 0. The number of allylic oxidation sites excluding steroid dienone is 2. The second kappa shape index (κ2) is 8.31. The Morgan fingerprint density at radius 3 is 2.83 bits per heavy atom. The van der Waals surface area contributed by atoms with E-state index in [4.69, 9.17) is 19.3 Å². The Kier molecular flexibility index (Phi) is 6.40. The maximum absolute atomic E-state index is 10.6. The number of carboxylic acids is 1. The largest absolute Gasteiger partial charge is 0.496 e. The van der Waals surface area contributed by atoms with E-state index in [2.05, 4.69) is 0 Å². The van der Waals surface area contributed by atoms with E-state index in [0.29, 0.717) is 13.0 Å². The second-order valence-electron chi connectivity index (χ2n) is 6.39. The highest BCUT2D eigenvalue weighted by Crippen LogP contribution is 2.41. The van der Waals surface area contributed by atoms with Gasteiger partial charge < -0.3 is 19.3 Å². The molecule has 1 fully saturated rings. The first-order valence-electron chi connectivity index (χ1n) is 8.24. The minimum Gasteiger partial charge on any atom is -0.496 e. The lowest BCUT2D eigenvalue weighted by Crippen LogP contribution is -2.41. The van der Waals surface area contributed by atoms with E-state index in [9.17, 15) is 4.79 Å². The molecule has 1 aliphatic rings. The number of para-hydroxylation sites is 1. The van der Waals surface area contributed by atoms with Gasteiger partial charge in [-0.3, -0.25) is 4.79 Å². The Morgan fingerprint density at radius 2 is 2.12 bits per heavy atom. The van der Waals surface area contributed by atoms with Crippen molar-refractivity contribution < 1.29 is 24.1 Å². The maximum atomic E-state index is 10.6. The summed E-state index contributed by atoms with van der Waals surface area (Å²) < 4.78 is 17.5. The lowest BCUT2D eigenvalue weighted by atomic mass is 9.91. The zero-order valence-corrected chi connectivity index (χ0v) is 14.5. The Morgan fingerprint density at radius 1 is 1.38 bits per heavy atom. The molecule has 5 heteroatoms. The number of rotatable bonds is 7. The number of benzene rings is 1. The third kappa shape index (κ3) is 5.08. The second-order valence-corrected chi connectivity index (χ2v) is 6.39. The standard InChI is InChI=1S/C19H26O5/c1-19(2)23-13-14(9-5-4-6-12-17(20)21)18(24-19)15-10-7-8-11-16(15)22-3/h4-5,7-8,10-11,14,18H,6,9,12-13H2,1-3H3,(H,20,21)/b5-4-/t14-,18+/m1/s1. The molecule has 0 aliphatic carbocycles. The number of aliphatic carboxylic acids is 1. The van der Waals surface area contributed by atoms with Gasteiger partial charge in [-0.15, -0.1) is 0 Å². The average Bonchev–Trinajstić information content (AvgIpc) is 2.55. The van der Waals surface area contributed by atoms with Crippen molar-refractivity contribution in [3.63, 3.8) is 0 Å². The highest BCUT2D eigenvalue weighted by Gasteiger charge is 2.37. The van der Waals surface area contributed by atoms with Crippen molar-refractivity contribution in [2.45, 2.75) is 45.0 Å². The first-order valence-corrected chi connectivity index (χ1v) is 8.24. The predicted molar refractivity (Wildman–Crippen MR) is 91.0 cm³/mol. The van der Waals surface area contributed by atoms with Crippen LogP contribution in [-0.4, -0.2) is 30.6 Å². The Balaban J connectivity index is 2.11. The Labute approximate surface area is 143 Å². The van der Waals surface area contributed by atoms with E-state index in [-0.39, 0.29) is 18.4 Å². The van der Waals surface area contributed by atoms with Crippen LogP contribution in [-0.2, 0) is 14.3 Å². The van der Waals surface area contributed by atoms with E-state index >= 15 is 0 Å². The molecule has 1 heterocycles. The minimum absolute atomic E-state index is 0.131. The number of ether oxygens (including phenoxy) is 3. The molecule has 1 aromatic carbocycles. The van der Waals surface area contributed by atoms with Crippen molar-refractivity contribution in [2.24, 2.45) is 5.92 Å². The molecular weight excluding hydrogens is 308 g/mol. The third-order valence-electron chi connectivity index (χ3n) is 4.06. The normalized spacial score (nSPS) is 23.3. The summed E-state index contributed by atoms with van der Waals surface area (Å²) in [5.41, 5.74) is 1.01. The Hall–Kier alpha value is -1.85. The maximum Gasteiger partial charge on any atom is 0.303 e. The number of carboxylic acid groups (broad SMARTS) is 1. The van der Waals surface area contributed by atoms with Gasteiger partial charge in [-0.05, 0) is 32.8 Å². The quantitative estimate of drug-likeness (QED) is 0.765. The summed E-state index contributed by atoms with van der Waals surface area (Å²) in [5, 5.41) is 8.68. The van der Waals surface area contributed by atoms with Crippen LogP contribution in [0.15, 0.2) is 36.4 Å². The van der Waals surface area contributed by atoms with Crippen molar-refractivity contribution in [1.82, 2.24) is 0 Å². The molecule has 0 spiro atoms. The van der Waals surface area contributed by atoms with Gasteiger partial charge in [-0.25, -0.2) is 0 Å². The average molecular weight is 334 g/mol. The van der Waals surface area contributed by atoms with E-state index in [1.54, 1.807) is 7.11 Å². The Bertz CT molecular complexity index is 579. The highest BCUT2D eigenvalue weighted by molar-refractivity contribution is 5.66. The molecule has 1 saturated heterocycles. The van der Waals surface area contributed by atoms with Crippen LogP contribution in [0.3, 0.4) is 0 Å². The number of carbonyl (C=O) groups is 1. The fourth-order valence-electron chi connectivity index (χ4n) is 2.84. The van der Waals surface area contributed by atoms with Gasteiger partial charge in [0, 0.05) is 17.9 Å². The molecule has 0 bridgehead atoms. The van der Waals surface area contributed by atoms with Crippen LogP contribution in [0.25, 0.3) is 0 Å². The summed E-state index contributed by atoms with van der Waals surface area (Å²) in [6.45, 7) is 4.40. The predicted octanol–water partition coefficient (Wildman–Crippen LogP) is 3.95. The first-order chi connectivity index (χ1) is 11.4. The zero-order chi connectivity index (χ0) is 17.6.